The highest BCUT2D eigenvalue weighted by Crippen LogP contribution is 2.27. The van der Waals surface area contributed by atoms with Gasteiger partial charge in [-0.15, -0.1) is 0 Å². The Morgan fingerprint density at radius 3 is 2.71 bits per heavy atom. The molecule has 6 nitrogen and oxygen atoms in total. The van der Waals surface area contributed by atoms with Gasteiger partial charge in [-0.2, -0.15) is 0 Å². The van der Waals surface area contributed by atoms with Crippen LogP contribution in [0.15, 0.2) is 67.5 Å². The first-order valence-corrected chi connectivity index (χ1v) is 8.85. The number of hydrogen-bond acceptors (Lipinski definition) is 5. The van der Waals surface area contributed by atoms with Gasteiger partial charge in [0.05, 0.1) is 24.3 Å². The molecule has 0 radical (unpaired) electrons. The molecule has 4 heterocycles. The Labute approximate surface area is 159 Å². The lowest BCUT2D eigenvalue weighted by Gasteiger charge is -2.15. The molecule has 0 fully saturated rings. The third-order valence-electron chi connectivity index (χ3n) is 4.84. The molecular weight excluding hydrogens is 355 g/mol. The number of nitrogens with zero attached hydrogens (tertiary/aromatic N) is 6. The van der Waals surface area contributed by atoms with E-state index in [9.17, 15) is 4.39 Å². The summed E-state index contributed by atoms with van der Waals surface area (Å²) in [7, 11) is 0. The van der Waals surface area contributed by atoms with Gasteiger partial charge in [0.1, 0.15) is 11.3 Å². The van der Waals surface area contributed by atoms with E-state index in [0.717, 1.165) is 22.2 Å². The average molecular weight is 370 g/mol. The number of halogens is 1. The van der Waals surface area contributed by atoms with E-state index < -0.39 is 0 Å². The number of imidazole rings is 1. The lowest BCUT2D eigenvalue weighted by molar-refractivity contribution is 0.616. The van der Waals surface area contributed by atoms with Gasteiger partial charge < -0.3 is 4.57 Å². The van der Waals surface area contributed by atoms with Crippen LogP contribution in [0.25, 0.3) is 33.5 Å². The van der Waals surface area contributed by atoms with Gasteiger partial charge >= 0.3 is 0 Å². The van der Waals surface area contributed by atoms with Crippen molar-refractivity contribution in [2.24, 2.45) is 0 Å². The second kappa shape index (κ2) is 6.45. The fourth-order valence-corrected chi connectivity index (χ4v) is 3.33. The molecule has 1 unspecified atom stereocenters. The summed E-state index contributed by atoms with van der Waals surface area (Å²) >= 11 is 0. The number of fused-ring (bicyclic) bond motifs is 2. The second-order valence-corrected chi connectivity index (χ2v) is 6.54. The highest BCUT2D eigenvalue weighted by molar-refractivity contribution is 5.80. The maximum atomic E-state index is 14.5. The molecule has 28 heavy (non-hydrogen) atoms. The van der Waals surface area contributed by atoms with Crippen LogP contribution in [-0.2, 0) is 0 Å². The van der Waals surface area contributed by atoms with E-state index in [1.165, 1.54) is 6.07 Å². The lowest BCUT2D eigenvalue weighted by Crippen LogP contribution is -2.07. The zero-order valence-corrected chi connectivity index (χ0v) is 15.0. The van der Waals surface area contributed by atoms with Crippen LogP contribution in [0, 0.1) is 5.82 Å². The van der Waals surface area contributed by atoms with Gasteiger partial charge in [0.25, 0.3) is 0 Å². The normalized spacial score (nSPS) is 12.5. The van der Waals surface area contributed by atoms with Gasteiger partial charge in [-0.1, -0.05) is 6.07 Å². The zero-order chi connectivity index (χ0) is 19.1. The van der Waals surface area contributed by atoms with Crippen LogP contribution >= 0.6 is 0 Å². The summed E-state index contributed by atoms with van der Waals surface area (Å²) < 4.78 is 16.4. The summed E-state index contributed by atoms with van der Waals surface area (Å²) in [6.07, 6.45) is 8.41. The Hall–Kier alpha value is -3.74. The molecule has 0 spiro atoms. The Bertz CT molecular complexity index is 1300. The third kappa shape index (κ3) is 2.68. The first-order valence-electron chi connectivity index (χ1n) is 8.85. The molecular formula is C21H15FN6. The van der Waals surface area contributed by atoms with Crippen LogP contribution < -0.4 is 0 Å². The molecule has 7 heteroatoms. The fraction of sp³-hybridized carbons (Fsp3) is 0.0952. The van der Waals surface area contributed by atoms with E-state index in [1.807, 2.05) is 35.8 Å². The summed E-state index contributed by atoms with van der Waals surface area (Å²) in [6.45, 7) is 1.99. The minimum atomic E-state index is -0.340. The maximum absolute atomic E-state index is 14.5. The summed E-state index contributed by atoms with van der Waals surface area (Å²) in [5.41, 5.74) is 4.04. The molecule has 0 amide bonds. The van der Waals surface area contributed by atoms with Gasteiger partial charge in [-0.05, 0) is 42.8 Å². The summed E-state index contributed by atoms with van der Waals surface area (Å²) in [5.74, 6) is -0.340. The molecule has 0 aliphatic carbocycles. The number of rotatable bonds is 3. The molecule has 0 saturated heterocycles. The largest absolute Gasteiger partial charge is 0.307 e. The topological polar surface area (TPSA) is 69.4 Å². The molecule has 0 bridgehead atoms. The molecule has 0 aliphatic heterocycles. The van der Waals surface area contributed by atoms with Crippen LogP contribution in [0.5, 0.6) is 0 Å². The van der Waals surface area contributed by atoms with Crippen LogP contribution in [0.1, 0.15) is 18.5 Å². The van der Waals surface area contributed by atoms with Crippen molar-refractivity contribution < 1.29 is 4.39 Å². The number of aromatic nitrogens is 6. The van der Waals surface area contributed by atoms with Crippen molar-refractivity contribution in [2.45, 2.75) is 13.0 Å². The predicted octanol–water partition coefficient (Wildman–Crippen LogP) is 4.18. The molecule has 1 atom stereocenters. The van der Waals surface area contributed by atoms with Crippen molar-refractivity contribution in [1.82, 2.24) is 29.5 Å². The first kappa shape index (κ1) is 16.4. The summed E-state index contributed by atoms with van der Waals surface area (Å²) in [4.78, 5) is 21.7. The van der Waals surface area contributed by atoms with Gasteiger partial charge in [-0.3, -0.25) is 9.97 Å². The molecule has 0 aliphatic rings. The molecule has 5 rings (SSSR count). The van der Waals surface area contributed by atoms with Crippen LogP contribution in [0.2, 0.25) is 0 Å². The highest BCUT2D eigenvalue weighted by atomic mass is 19.1. The van der Waals surface area contributed by atoms with Crippen LogP contribution in [-0.4, -0.2) is 29.5 Å². The summed E-state index contributed by atoms with van der Waals surface area (Å²) in [6, 6.07) is 10.7. The van der Waals surface area contributed by atoms with Gasteiger partial charge in [0, 0.05) is 29.5 Å². The van der Waals surface area contributed by atoms with Crippen molar-refractivity contribution in [2.75, 3.05) is 0 Å². The van der Waals surface area contributed by atoms with E-state index >= 15 is 0 Å². The molecule has 5 aromatic rings. The lowest BCUT2D eigenvalue weighted by atomic mass is 10.0. The molecule has 0 saturated carbocycles. The second-order valence-electron chi connectivity index (χ2n) is 6.54. The average Bonchev–Trinajstić information content (AvgIpc) is 3.17. The predicted molar refractivity (Wildman–Crippen MR) is 104 cm³/mol. The van der Waals surface area contributed by atoms with Crippen molar-refractivity contribution in [3.05, 3.63) is 78.9 Å². The molecule has 136 valence electrons. The minimum absolute atomic E-state index is 0.175. The Balaban J connectivity index is 1.63. The molecule has 0 N–H and O–H groups in total. The van der Waals surface area contributed by atoms with E-state index in [-0.39, 0.29) is 11.9 Å². The van der Waals surface area contributed by atoms with Crippen LogP contribution in [0.3, 0.4) is 0 Å². The van der Waals surface area contributed by atoms with Crippen molar-refractivity contribution in [3.63, 3.8) is 0 Å². The smallest absolute Gasteiger partial charge is 0.197 e. The van der Waals surface area contributed by atoms with Crippen molar-refractivity contribution in [3.8, 4) is 11.3 Å². The number of pyridine rings is 2. The Morgan fingerprint density at radius 1 is 1.00 bits per heavy atom. The van der Waals surface area contributed by atoms with E-state index in [2.05, 4.69) is 19.9 Å². The SMILES string of the molecule is CC(c1cc(F)c2ncccc2c1)n1cnc2ncc(-c3ccncc3)nc21. The quantitative estimate of drug-likeness (QED) is 0.476. The van der Waals surface area contributed by atoms with Gasteiger partial charge in [0.15, 0.2) is 11.3 Å². The van der Waals surface area contributed by atoms with E-state index in [0.29, 0.717) is 16.8 Å². The van der Waals surface area contributed by atoms with Crippen molar-refractivity contribution in [1.29, 1.82) is 0 Å². The van der Waals surface area contributed by atoms with Gasteiger partial charge in [0.2, 0.25) is 0 Å². The number of benzene rings is 1. The Morgan fingerprint density at radius 2 is 1.86 bits per heavy atom. The van der Waals surface area contributed by atoms with Gasteiger partial charge in [-0.25, -0.2) is 19.3 Å². The monoisotopic (exact) mass is 370 g/mol. The first-order chi connectivity index (χ1) is 13.7. The van der Waals surface area contributed by atoms with E-state index in [4.69, 9.17) is 4.98 Å². The third-order valence-corrected chi connectivity index (χ3v) is 4.84. The maximum Gasteiger partial charge on any atom is 0.197 e. The minimum Gasteiger partial charge on any atom is -0.307 e. The zero-order valence-electron chi connectivity index (χ0n) is 15.0. The van der Waals surface area contributed by atoms with Crippen LogP contribution in [0.4, 0.5) is 4.39 Å². The molecule has 1 aromatic carbocycles. The Kier molecular flexibility index (Phi) is 3.79. The summed E-state index contributed by atoms with van der Waals surface area (Å²) in [5, 5.41) is 0.761. The standard InChI is InChI=1S/C21H15FN6/c1-13(16-9-15-3-2-6-24-19(15)17(22)10-16)28-12-26-20-21(28)27-18(11-25-20)14-4-7-23-8-5-14/h2-13H,1H3. The molecule has 4 aromatic heterocycles. The number of hydrogen-bond donors (Lipinski definition) is 0. The van der Waals surface area contributed by atoms with Crippen molar-refractivity contribution >= 4 is 22.2 Å². The fourth-order valence-electron chi connectivity index (χ4n) is 3.33. The highest BCUT2D eigenvalue weighted by Gasteiger charge is 2.16. The van der Waals surface area contributed by atoms with E-state index in [1.54, 1.807) is 37.2 Å².